The van der Waals surface area contributed by atoms with Crippen LogP contribution in [0.5, 0.6) is 0 Å². The number of hydrogen-bond acceptors (Lipinski definition) is 4. The number of imide groups is 1. The van der Waals surface area contributed by atoms with Crippen LogP contribution in [0.1, 0.15) is 10.4 Å². The van der Waals surface area contributed by atoms with Crippen molar-refractivity contribution in [3.63, 3.8) is 0 Å². The SMILES string of the molecule is NC(=[NH2+])N(C(=O)O)C(=O)O.O=C([O-])c1ccccc1. The molecule has 0 aliphatic heterocycles. The van der Waals surface area contributed by atoms with Crippen LogP contribution in [-0.4, -0.2) is 39.2 Å². The average molecular weight is 269 g/mol. The van der Waals surface area contributed by atoms with Crippen molar-refractivity contribution in [1.29, 1.82) is 0 Å². The third-order valence-corrected chi connectivity index (χ3v) is 1.65. The molecule has 0 aliphatic carbocycles. The summed E-state index contributed by atoms with van der Waals surface area (Å²) in [5.41, 5.74) is 4.92. The number of guanidine groups is 1. The second kappa shape index (κ2) is 7.27. The first-order chi connectivity index (χ1) is 8.77. The molecule has 0 aliphatic rings. The van der Waals surface area contributed by atoms with Crippen molar-refractivity contribution < 1.29 is 35.1 Å². The number of amides is 2. The van der Waals surface area contributed by atoms with Crippen molar-refractivity contribution in [2.24, 2.45) is 5.73 Å². The number of aromatic carboxylic acids is 1. The topological polar surface area (TPSA) is 170 Å². The minimum atomic E-state index is -1.73. The van der Waals surface area contributed by atoms with Gasteiger partial charge in [-0.2, -0.15) is 0 Å². The van der Waals surface area contributed by atoms with E-state index in [2.05, 4.69) is 0 Å². The molecule has 0 saturated heterocycles. The number of carbonyl (C=O) groups excluding carboxylic acids is 1. The van der Waals surface area contributed by atoms with Gasteiger partial charge < -0.3 is 20.1 Å². The Morgan fingerprint density at radius 2 is 1.53 bits per heavy atom. The Balaban J connectivity index is 0.000000342. The van der Waals surface area contributed by atoms with Crippen LogP contribution in [0.2, 0.25) is 0 Å². The lowest BCUT2D eigenvalue weighted by atomic mass is 10.2. The van der Waals surface area contributed by atoms with Crippen LogP contribution in [0, 0.1) is 0 Å². The molecule has 0 spiro atoms. The summed E-state index contributed by atoms with van der Waals surface area (Å²) in [6, 6.07) is 8.06. The molecule has 1 aromatic rings. The lowest BCUT2D eigenvalue weighted by molar-refractivity contribution is -0.255. The van der Waals surface area contributed by atoms with E-state index in [1.807, 2.05) is 0 Å². The monoisotopic (exact) mass is 269 g/mol. The fourth-order valence-electron chi connectivity index (χ4n) is 0.877. The summed E-state index contributed by atoms with van der Waals surface area (Å²) < 4.78 is 0. The molecule has 0 atom stereocenters. The quantitative estimate of drug-likeness (QED) is 0.330. The Labute approximate surface area is 107 Å². The van der Waals surface area contributed by atoms with E-state index in [0.29, 0.717) is 0 Å². The van der Waals surface area contributed by atoms with Crippen LogP contribution in [0.25, 0.3) is 0 Å². The molecule has 9 nitrogen and oxygen atoms in total. The van der Waals surface area contributed by atoms with E-state index in [1.54, 1.807) is 18.2 Å². The molecule has 0 fully saturated rings. The van der Waals surface area contributed by atoms with Crippen LogP contribution in [-0.2, 0) is 0 Å². The number of nitrogens with zero attached hydrogens (tertiary/aromatic N) is 1. The summed E-state index contributed by atoms with van der Waals surface area (Å²) in [6.07, 6.45) is -3.46. The van der Waals surface area contributed by atoms with E-state index >= 15 is 0 Å². The van der Waals surface area contributed by atoms with Crippen molar-refractivity contribution in [3.8, 4) is 0 Å². The number of carbonyl (C=O) groups is 3. The Morgan fingerprint density at radius 1 is 1.11 bits per heavy atom. The fraction of sp³-hybridized carbons (Fsp3) is 0. The van der Waals surface area contributed by atoms with Crippen molar-refractivity contribution >= 4 is 24.1 Å². The van der Waals surface area contributed by atoms with Crippen LogP contribution >= 0.6 is 0 Å². The zero-order chi connectivity index (χ0) is 15.0. The molecule has 9 heteroatoms. The summed E-state index contributed by atoms with van der Waals surface area (Å²) in [5, 5.41) is 30.9. The standard InChI is InChI=1S/C7H6O2.C3H5N3O4/c8-7(9)6-4-2-1-3-5-6;4-1(5)6(2(7)8)3(9)10/h1-5H,(H,8,9);(H3,4,5)(H,7,8)(H,9,10). The Hall–Kier alpha value is -3.10. The van der Waals surface area contributed by atoms with Gasteiger partial charge in [-0.15, -0.1) is 0 Å². The maximum absolute atomic E-state index is 10.1. The van der Waals surface area contributed by atoms with E-state index in [-0.39, 0.29) is 10.5 Å². The highest BCUT2D eigenvalue weighted by Crippen LogP contribution is 1.94. The van der Waals surface area contributed by atoms with Gasteiger partial charge in [-0.25, -0.2) is 9.59 Å². The highest BCUT2D eigenvalue weighted by Gasteiger charge is 2.30. The minimum Gasteiger partial charge on any atom is -0.545 e. The van der Waals surface area contributed by atoms with Crippen molar-refractivity contribution in [1.82, 2.24) is 4.90 Å². The van der Waals surface area contributed by atoms with Gasteiger partial charge in [-0.1, -0.05) is 35.2 Å². The number of benzene rings is 1. The molecule has 2 amide bonds. The maximum Gasteiger partial charge on any atom is 0.486 e. The number of hydrogen-bond donors (Lipinski definition) is 4. The molecule has 0 unspecified atom stereocenters. The van der Waals surface area contributed by atoms with Gasteiger partial charge in [0.15, 0.2) is 0 Å². The first-order valence-corrected chi connectivity index (χ1v) is 4.67. The van der Waals surface area contributed by atoms with Gasteiger partial charge in [0.05, 0.1) is 5.97 Å². The molecule has 19 heavy (non-hydrogen) atoms. The Kier molecular flexibility index (Phi) is 6.08. The molecule has 0 bridgehead atoms. The third-order valence-electron chi connectivity index (χ3n) is 1.65. The van der Waals surface area contributed by atoms with E-state index in [1.165, 1.54) is 12.1 Å². The van der Waals surface area contributed by atoms with E-state index in [4.69, 9.17) is 21.4 Å². The van der Waals surface area contributed by atoms with Crippen molar-refractivity contribution in [2.45, 2.75) is 0 Å². The summed E-state index contributed by atoms with van der Waals surface area (Å²) in [5.74, 6) is -1.92. The lowest BCUT2D eigenvalue weighted by Crippen LogP contribution is -2.59. The normalized spacial score (nSPS) is 8.63. The van der Waals surface area contributed by atoms with Crippen molar-refractivity contribution in [2.75, 3.05) is 0 Å². The van der Waals surface area contributed by atoms with Gasteiger partial charge in [0.25, 0.3) is 0 Å². The minimum absolute atomic E-state index is 0.194. The summed E-state index contributed by atoms with van der Waals surface area (Å²) in [6.45, 7) is 0. The zero-order valence-electron chi connectivity index (χ0n) is 9.52. The van der Waals surface area contributed by atoms with Crippen molar-refractivity contribution in [3.05, 3.63) is 35.9 Å². The molecule has 6 N–H and O–H groups in total. The largest absolute Gasteiger partial charge is 0.545 e. The van der Waals surface area contributed by atoms with Gasteiger partial charge in [0, 0.05) is 0 Å². The Morgan fingerprint density at radius 3 is 1.68 bits per heavy atom. The number of carboxylic acid groups (broad SMARTS) is 3. The van der Waals surface area contributed by atoms with E-state index < -0.39 is 24.1 Å². The first kappa shape index (κ1) is 15.9. The van der Waals surface area contributed by atoms with Gasteiger partial charge in [-0.3, -0.25) is 11.1 Å². The lowest BCUT2D eigenvalue weighted by Gasteiger charge is -2.00. The highest BCUT2D eigenvalue weighted by molar-refractivity contribution is 6.03. The zero-order valence-corrected chi connectivity index (χ0v) is 9.52. The average Bonchev–Trinajstić information content (AvgIpc) is 2.29. The molecule has 102 valence electrons. The fourth-order valence-corrected chi connectivity index (χ4v) is 0.877. The molecule has 1 rings (SSSR count). The van der Waals surface area contributed by atoms with E-state index in [0.717, 1.165) is 0 Å². The smallest absolute Gasteiger partial charge is 0.486 e. The van der Waals surface area contributed by atoms with Crippen LogP contribution in [0.15, 0.2) is 30.3 Å². The van der Waals surface area contributed by atoms with Gasteiger partial charge in [0.1, 0.15) is 0 Å². The molecule has 0 saturated carbocycles. The van der Waals surface area contributed by atoms with Crippen LogP contribution in [0.4, 0.5) is 9.59 Å². The first-order valence-electron chi connectivity index (χ1n) is 4.67. The van der Waals surface area contributed by atoms with Gasteiger partial charge in [-0.05, 0) is 5.56 Å². The van der Waals surface area contributed by atoms with E-state index in [9.17, 15) is 19.5 Å². The van der Waals surface area contributed by atoms with Gasteiger partial charge in [0.2, 0.25) is 0 Å². The molecule has 1 aromatic carbocycles. The van der Waals surface area contributed by atoms with Crippen LogP contribution in [0.3, 0.4) is 0 Å². The second-order valence-electron chi connectivity index (χ2n) is 2.98. The highest BCUT2D eigenvalue weighted by atomic mass is 16.4. The summed E-state index contributed by atoms with van der Waals surface area (Å²) in [7, 11) is 0. The van der Waals surface area contributed by atoms with Gasteiger partial charge >= 0.3 is 18.1 Å². The Bertz CT molecular complexity index is 454. The molecular formula is C10H11N3O6. The van der Waals surface area contributed by atoms with Crippen LogP contribution < -0.4 is 16.2 Å². The molecular weight excluding hydrogens is 258 g/mol. The predicted molar refractivity (Wildman–Crippen MR) is 59.8 cm³/mol. The number of rotatable bonds is 1. The molecule has 0 radical (unpaired) electrons. The second-order valence-corrected chi connectivity index (χ2v) is 2.98. The number of carboxylic acids is 1. The predicted octanol–water partition coefficient (Wildman–Crippen LogP) is -2.23. The third kappa shape index (κ3) is 5.68. The number of nitrogens with two attached hydrogens (primary N) is 2. The summed E-state index contributed by atoms with van der Waals surface area (Å²) >= 11 is 0. The maximum atomic E-state index is 10.1. The molecule has 0 heterocycles. The summed E-state index contributed by atoms with van der Waals surface area (Å²) in [4.78, 5) is 29.8. The molecule has 0 aromatic heterocycles.